The van der Waals surface area contributed by atoms with Crippen LogP contribution in [-0.4, -0.2) is 36.4 Å². The first-order valence-electron chi connectivity index (χ1n) is 9.11. The van der Waals surface area contributed by atoms with Crippen molar-refractivity contribution in [2.24, 2.45) is 0 Å². The highest BCUT2D eigenvalue weighted by molar-refractivity contribution is 7.80. The smallest absolute Gasteiger partial charge is 0.341 e. The summed E-state index contributed by atoms with van der Waals surface area (Å²) in [6.07, 6.45) is 6.61. The quantitative estimate of drug-likeness (QED) is 0.599. The molecule has 2 heterocycles. The molecule has 1 fully saturated rings. The van der Waals surface area contributed by atoms with Crippen LogP contribution in [-0.2, 0) is 22.3 Å². The van der Waals surface area contributed by atoms with Gasteiger partial charge in [-0.25, -0.2) is 4.79 Å². The molecule has 0 unspecified atom stereocenters. The van der Waals surface area contributed by atoms with Gasteiger partial charge >= 0.3 is 5.97 Å². The Morgan fingerprint density at radius 2 is 2.20 bits per heavy atom. The van der Waals surface area contributed by atoms with Crippen LogP contribution in [0.4, 0.5) is 5.00 Å². The van der Waals surface area contributed by atoms with Gasteiger partial charge in [0, 0.05) is 11.5 Å². The molecule has 1 saturated heterocycles. The lowest BCUT2D eigenvalue weighted by atomic mass is 9.95. The van der Waals surface area contributed by atoms with Gasteiger partial charge in [-0.2, -0.15) is 0 Å². The van der Waals surface area contributed by atoms with E-state index in [1.54, 1.807) is 11.3 Å². The Bertz CT molecular complexity index is 639. The molecule has 0 amide bonds. The average molecular weight is 383 g/mol. The molecule has 1 aliphatic carbocycles. The molecular weight excluding hydrogens is 356 g/mol. The molecule has 0 radical (unpaired) electrons. The van der Waals surface area contributed by atoms with Gasteiger partial charge in [0.25, 0.3) is 0 Å². The van der Waals surface area contributed by atoms with Gasteiger partial charge < -0.3 is 20.1 Å². The van der Waals surface area contributed by atoms with Crippen LogP contribution in [0.25, 0.3) is 0 Å². The Morgan fingerprint density at radius 3 is 2.92 bits per heavy atom. The van der Waals surface area contributed by atoms with Gasteiger partial charge in [0.15, 0.2) is 5.11 Å². The molecule has 2 aliphatic rings. The summed E-state index contributed by atoms with van der Waals surface area (Å²) in [5.41, 5.74) is 1.82. The Kier molecular flexibility index (Phi) is 6.30. The molecular formula is C18H26N2O3S2. The molecule has 2 N–H and O–H groups in total. The lowest BCUT2D eigenvalue weighted by Crippen LogP contribution is -2.42. The van der Waals surface area contributed by atoms with E-state index in [-0.39, 0.29) is 18.1 Å². The number of thiocarbonyl (C=S) groups is 1. The van der Waals surface area contributed by atoms with E-state index in [1.165, 1.54) is 11.3 Å². The van der Waals surface area contributed by atoms with Crippen LogP contribution in [0.2, 0.25) is 0 Å². The molecule has 0 saturated carbocycles. The summed E-state index contributed by atoms with van der Waals surface area (Å²) in [7, 11) is 0. The molecule has 0 aromatic carbocycles. The lowest BCUT2D eigenvalue weighted by Gasteiger charge is -2.22. The van der Waals surface area contributed by atoms with Gasteiger partial charge in [-0.3, -0.25) is 0 Å². The Balaban J connectivity index is 1.73. The fourth-order valence-electron chi connectivity index (χ4n) is 3.51. The lowest BCUT2D eigenvalue weighted by molar-refractivity contribution is 0.0526. The molecule has 25 heavy (non-hydrogen) atoms. The summed E-state index contributed by atoms with van der Waals surface area (Å²) in [6, 6.07) is 0.142. The minimum atomic E-state index is -0.251. The van der Waals surface area contributed by atoms with E-state index < -0.39 is 0 Å². The number of anilines is 1. The maximum Gasteiger partial charge on any atom is 0.341 e. The summed E-state index contributed by atoms with van der Waals surface area (Å²) in [5, 5.41) is 7.88. The highest BCUT2D eigenvalue weighted by Crippen LogP contribution is 2.38. The number of carbonyl (C=O) groups excluding carboxylic acids is 1. The maximum absolute atomic E-state index is 12.5. The standard InChI is InChI=1S/C18H26N2O3S2/c1-3-22-17(21)15-12-7-4-5-9-14(12)25-16(15)20-18(24)19-11(2)13-8-6-10-23-13/h11,13H,3-10H2,1-2H3,(H2,19,20,24)/t11-,13+/m0/s1. The summed E-state index contributed by atoms with van der Waals surface area (Å²) >= 11 is 7.11. The monoisotopic (exact) mass is 382 g/mol. The molecule has 1 aliphatic heterocycles. The molecule has 3 rings (SSSR count). The van der Waals surface area contributed by atoms with Crippen LogP contribution in [0.5, 0.6) is 0 Å². The number of hydrogen-bond acceptors (Lipinski definition) is 5. The van der Waals surface area contributed by atoms with E-state index in [0.29, 0.717) is 17.3 Å². The first-order chi connectivity index (χ1) is 12.1. The summed E-state index contributed by atoms with van der Waals surface area (Å²) < 4.78 is 11.0. The van der Waals surface area contributed by atoms with Crippen molar-refractivity contribution in [3.63, 3.8) is 0 Å². The average Bonchev–Trinajstić information content (AvgIpc) is 3.22. The first-order valence-corrected chi connectivity index (χ1v) is 10.3. The van der Waals surface area contributed by atoms with Crippen LogP contribution in [0.3, 0.4) is 0 Å². The van der Waals surface area contributed by atoms with Crippen molar-refractivity contribution < 1.29 is 14.3 Å². The Labute approximate surface area is 158 Å². The zero-order valence-electron chi connectivity index (χ0n) is 14.9. The van der Waals surface area contributed by atoms with Gasteiger partial charge in [0.05, 0.1) is 24.3 Å². The second-order valence-corrected chi connectivity index (χ2v) is 8.09. The first kappa shape index (κ1) is 18.6. The predicted molar refractivity (Wildman–Crippen MR) is 105 cm³/mol. The van der Waals surface area contributed by atoms with Gasteiger partial charge in [-0.05, 0) is 70.2 Å². The normalized spacial score (nSPS) is 20.6. The molecule has 138 valence electrons. The van der Waals surface area contributed by atoms with Crippen LogP contribution in [0, 0.1) is 0 Å². The number of nitrogens with one attached hydrogen (secondary N) is 2. The summed E-state index contributed by atoms with van der Waals surface area (Å²) in [4.78, 5) is 13.8. The third-order valence-electron chi connectivity index (χ3n) is 4.76. The molecule has 5 nitrogen and oxygen atoms in total. The largest absolute Gasteiger partial charge is 0.462 e. The number of hydrogen-bond donors (Lipinski definition) is 2. The Hall–Kier alpha value is -1.18. The van der Waals surface area contributed by atoms with Crippen molar-refractivity contribution in [1.29, 1.82) is 0 Å². The fourth-order valence-corrected chi connectivity index (χ4v) is 5.14. The van der Waals surface area contributed by atoms with E-state index in [0.717, 1.165) is 49.3 Å². The topological polar surface area (TPSA) is 59.6 Å². The second-order valence-electron chi connectivity index (χ2n) is 6.57. The zero-order chi connectivity index (χ0) is 17.8. The van der Waals surface area contributed by atoms with Crippen molar-refractivity contribution in [2.75, 3.05) is 18.5 Å². The van der Waals surface area contributed by atoms with E-state index in [9.17, 15) is 4.79 Å². The van der Waals surface area contributed by atoms with Crippen molar-refractivity contribution in [2.45, 2.75) is 64.5 Å². The number of esters is 1. The van der Waals surface area contributed by atoms with Gasteiger partial charge in [0.1, 0.15) is 5.00 Å². The summed E-state index contributed by atoms with van der Waals surface area (Å²) in [6.45, 7) is 5.11. The zero-order valence-corrected chi connectivity index (χ0v) is 16.5. The van der Waals surface area contributed by atoms with Crippen molar-refractivity contribution in [1.82, 2.24) is 5.32 Å². The summed E-state index contributed by atoms with van der Waals surface area (Å²) in [5.74, 6) is -0.251. The van der Waals surface area contributed by atoms with Crippen molar-refractivity contribution in [3.8, 4) is 0 Å². The molecule has 7 heteroatoms. The highest BCUT2D eigenvalue weighted by atomic mass is 32.1. The number of fused-ring (bicyclic) bond motifs is 1. The van der Waals surface area contributed by atoms with Gasteiger partial charge in [-0.15, -0.1) is 11.3 Å². The van der Waals surface area contributed by atoms with Crippen LogP contribution >= 0.6 is 23.6 Å². The van der Waals surface area contributed by atoms with Crippen LogP contribution < -0.4 is 10.6 Å². The third-order valence-corrected chi connectivity index (χ3v) is 6.19. The van der Waals surface area contributed by atoms with Crippen molar-refractivity contribution in [3.05, 3.63) is 16.0 Å². The third kappa shape index (κ3) is 4.33. The SMILES string of the molecule is CCOC(=O)c1c(NC(=S)N[C@@H](C)[C@H]2CCCO2)sc2c1CCCC2. The highest BCUT2D eigenvalue weighted by Gasteiger charge is 2.28. The Morgan fingerprint density at radius 1 is 1.40 bits per heavy atom. The molecule has 0 bridgehead atoms. The molecule has 0 spiro atoms. The molecule has 1 aromatic heterocycles. The maximum atomic E-state index is 12.5. The fraction of sp³-hybridized carbons (Fsp3) is 0.667. The second kappa shape index (κ2) is 8.47. The van der Waals surface area contributed by atoms with E-state index >= 15 is 0 Å². The minimum absolute atomic E-state index is 0.142. The van der Waals surface area contributed by atoms with E-state index in [4.69, 9.17) is 21.7 Å². The van der Waals surface area contributed by atoms with E-state index in [1.807, 2.05) is 6.92 Å². The van der Waals surface area contributed by atoms with Crippen molar-refractivity contribution >= 4 is 39.6 Å². The minimum Gasteiger partial charge on any atom is -0.462 e. The predicted octanol–water partition coefficient (Wildman–Crippen LogP) is 3.66. The van der Waals surface area contributed by atoms with Crippen LogP contribution in [0.1, 0.15) is 60.3 Å². The number of rotatable bonds is 5. The number of ether oxygens (including phenoxy) is 2. The number of aryl methyl sites for hydroxylation is 1. The van der Waals surface area contributed by atoms with Gasteiger partial charge in [-0.1, -0.05) is 0 Å². The molecule has 1 aromatic rings. The van der Waals surface area contributed by atoms with Crippen LogP contribution in [0.15, 0.2) is 0 Å². The number of carbonyl (C=O) groups is 1. The number of thiophene rings is 1. The van der Waals surface area contributed by atoms with E-state index in [2.05, 4.69) is 17.6 Å². The van der Waals surface area contributed by atoms with Gasteiger partial charge in [0.2, 0.25) is 0 Å². The molecule has 2 atom stereocenters.